The van der Waals surface area contributed by atoms with Gasteiger partial charge in [0.15, 0.2) is 0 Å². The molecule has 0 heterocycles. The van der Waals surface area contributed by atoms with Crippen molar-refractivity contribution >= 4 is 0 Å². The van der Waals surface area contributed by atoms with Crippen molar-refractivity contribution < 1.29 is 14.1 Å². The summed E-state index contributed by atoms with van der Waals surface area (Å²) in [5.41, 5.74) is 0.785. The molecule has 1 N–H and O–H groups in total. The molecule has 1 aromatic rings. The summed E-state index contributed by atoms with van der Waals surface area (Å²) < 4.78 is 23.2. The van der Waals surface area contributed by atoms with Crippen LogP contribution >= 0.6 is 0 Å². The van der Waals surface area contributed by atoms with Crippen molar-refractivity contribution in [3.8, 4) is 5.75 Å². The van der Waals surface area contributed by atoms with Gasteiger partial charge in [0.25, 0.3) is 0 Å². The second kappa shape index (κ2) is 4.01. The highest BCUT2D eigenvalue weighted by molar-refractivity contribution is 5.25. The molecule has 0 radical (unpaired) electrons. The maximum absolute atomic E-state index is 11.6. The first kappa shape index (κ1) is 8.93. The average Bonchev–Trinajstić information content (AvgIpc) is 2.03. The van der Waals surface area contributed by atoms with E-state index in [-0.39, 0.29) is 18.7 Å². The Morgan fingerprint density at radius 1 is 1.17 bits per heavy atom. The quantitative estimate of drug-likeness (QED) is 0.706. The van der Waals surface area contributed by atoms with E-state index in [1.807, 2.05) is 0 Å². The van der Waals surface area contributed by atoms with E-state index in [2.05, 4.69) is 0 Å². The molecule has 0 unspecified atom stereocenters. The first-order valence-electron chi connectivity index (χ1n) is 3.55. The van der Waals surface area contributed by atoms with Gasteiger partial charge in [0, 0.05) is 5.34 Å². The van der Waals surface area contributed by atoms with E-state index in [4.69, 9.17) is 5.11 Å². The minimum absolute atomic E-state index is 0.149. The van der Waals surface area contributed by atoms with Crippen molar-refractivity contribution in [1.82, 2.24) is 5.34 Å². The summed E-state index contributed by atoms with van der Waals surface area (Å²) in [7, 11) is 0. The molecule has 66 valence electrons. The summed E-state index contributed by atoms with van der Waals surface area (Å²) in [5.74, 6) is 0.149. The second-order valence-corrected chi connectivity index (χ2v) is 2.44. The largest absolute Gasteiger partial charge is 0.508 e. The Morgan fingerprint density at radius 2 is 1.75 bits per heavy atom. The van der Waals surface area contributed by atoms with Gasteiger partial charge in [0.2, 0.25) is 0 Å². The van der Waals surface area contributed by atoms with Gasteiger partial charge in [0.05, 0.1) is 6.54 Å². The van der Waals surface area contributed by atoms with E-state index in [1.165, 1.54) is 12.1 Å². The van der Waals surface area contributed by atoms with E-state index in [9.17, 15) is 8.96 Å². The van der Waals surface area contributed by atoms with Crippen molar-refractivity contribution in [3.05, 3.63) is 29.8 Å². The second-order valence-electron chi connectivity index (χ2n) is 2.44. The zero-order valence-corrected chi connectivity index (χ0v) is 6.37. The summed E-state index contributed by atoms with van der Waals surface area (Å²) in [6.07, 6.45) is 0.285. The van der Waals surface area contributed by atoms with Crippen molar-refractivity contribution in [2.75, 3.05) is 6.54 Å². The molecule has 12 heavy (non-hydrogen) atoms. The zero-order chi connectivity index (χ0) is 8.97. The van der Waals surface area contributed by atoms with Gasteiger partial charge in [-0.25, -0.2) is 0 Å². The maximum Gasteiger partial charge on any atom is 0.115 e. The van der Waals surface area contributed by atoms with Crippen LogP contribution in [0.3, 0.4) is 0 Å². The lowest BCUT2D eigenvalue weighted by Gasteiger charge is -2.01. The monoisotopic (exact) mass is 173 g/mol. The summed E-state index contributed by atoms with van der Waals surface area (Å²) in [5, 5.41) is 8.02. The fraction of sp³-hybridized carbons (Fsp3) is 0.250. The molecule has 0 atom stereocenters. The topological polar surface area (TPSA) is 23.5 Å². The molecule has 0 aromatic heterocycles. The van der Waals surface area contributed by atoms with E-state index < -0.39 is 5.34 Å². The van der Waals surface area contributed by atoms with Crippen molar-refractivity contribution in [1.29, 1.82) is 0 Å². The Kier molecular flexibility index (Phi) is 2.99. The predicted octanol–water partition coefficient (Wildman–Crippen LogP) is 2.01. The molecule has 0 aliphatic carbocycles. The Morgan fingerprint density at radius 3 is 2.25 bits per heavy atom. The molecule has 0 aliphatic heterocycles. The molecule has 0 amide bonds. The van der Waals surface area contributed by atoms with Gasteiger partial charge in [-0.1, -0.05) is 12.1 Å². The van der Waals surface area contributed by atoms with E-state index >= 15 is 0 Å². The van der Waals surface area contributed by atoms with Crippen LogP contribution in [0.15, 0.2) is 24.3 Å². The first-order valence-corrected chi connectivity index (χ1v) is 3.55. The summed E-state index contributed by atoms with van der Waals surface area (Å²) in [6, 6.07) is 6.21. The van der Waals surface area contributed by atoms with E-state index in [1.54, 1.807) is 12.1 Å². The Bertz CT molecular complexity index is 235. The number of hydrogen-bond donors (Lipinski definition) is 1. The Hall–Kier alpha value is -1.16. The minimum Gasteiger partial charge on any atom is -0.508 e. The third-order valence-electron chi connectivity index (χ3n) is 1.51. The van der Waals surface area contributed by atoms with Crippen LogP contribution in [-0.4, -0.2) is 17.0 Å². The Balaban J connectivity index is 2.48. The van der Waals surface area contributed by atoms with Crippen molar-refractivity contribution in [2.24, 2.45) is 0 Å². The third-order valence-corrected chi connectivity index (χ3v) is 1.51. The third kappa shape index (κ3) is 2.84. The number of phenols is 1. The first-order chi connectivity index (χ1) is 5.68. The van der Waals surface area contributed by atoms with Gasteiger partial charge in [-0.3, -0.25) is 0 Å². The average molecular weight is 173 g/mol. The molecule has 0 saturated heterocycles. The number of nitrogens with zero attached hydrogens (tertiary/aromatic N) is 1. The lowest BCUT2D eigenvalue weighted by Crippen LogP contribution is -2.05. The number of hydrogen-bond acceptors (Lipinski definition) is 2. The van der Waals surface area contributed by atoms with Crippen LogP contribution in [0.1, 0.15) is 5.56 Å². The number of rotatable bonds is 3. The molecule has 0 fully saturated rings. The van der Waals surface area contributed by atoms with Crippen molar-refractivity contribution in [2.45, 2.75) is 6.42 Å². The van der Waals surface area contributed by atoms with Crippen LogP contribution < -0.4 is 0 Å². The number of benzene rings is 1. The number of phenolic OH excluding ortho intramolecular Hbond substituents is 1. The molecule has 0 bridgehead atoms. The van der Waals surface area contributed by atoms with Crippen LogP contribution in [0, 0.1) is 0 Å². The lowest BCUT2D eigenvalue weighted by atomic mass is 10.1. The van der Waals surface area contributed by atoms with Gasteiger partial charge in [-0.2, -0.15) is 0 Å². The van der Waals surface area contributed by atoms with Crippen LogP contribution in [0.4, 0.5) is 8.96 Å². The van der Waals surface area contributed by atoms with E-state index in [0.29, 0.717) is 0 Å². The maximum atomic E-state index is 11.6. The van der Waals surface area contributed by atoms with Crippen LogP contribution in [0.25, 0.3) is 0 Å². The molecule has 4 heteroatoms. The lowest BCUT2D eigenvalue weighted by molar-refractivity contribution is -0.151. The smallest absolute Gasteiger partial charge is 0.115 e. The minimum atomic E-state index is -0.854. The summed E-state index contributed by atoms with van der Waals surface area (Å²) in [4.78, 5) is 0. The SMILES string of the molecule is Oc1ccc(CCN(F)F)cc1. The molecule has 2 nitrogen and oxygen atoms in total. The molecule has 0 aliphatic rings. The number of halogens is 2. The molecule has 0 spiro atoms. The molecule has 0 saturated carbocycles. The van der Waals surface area contributed by atoms with Crippen molar-refractivity contribution in [3.63, 3.8) is 0 Å². The van der Waals surface area contributed by atoms with Gasteiger partial charge in [-0.05, 0) is 24.1 Å². The zero-order valence-electron chi connectivity index (χ0n) is 6.37. The van der Waals surface area contributed by atoms with Gasteiger partial charge >= 0.3 is 0 Å². The predicted molar refractivity (Wildman–Crippen MR) is 40.7 cm³/mol. The normalized spacial score (nSPS) is 10.6. The van der Waals surface area contributed by atoms with Crippen LogP contribution in [0.2, 0.25) is 0 Å². The Labute approximate surface area is 68.9 Å². The highest BCUT2D eigenvalue weighted by atomic mass is 19.4. The summed E-state index contributed by atoms with van der Waals surface area (Å²) >= 11 is 0. The van der Waals surface area contributed by atoms with Crippen LogP contribution in [-0.2, 0) is 6.42 Å². The summed E-state index contributed by atoms with van der Waals surface area (Å²) in [6.45, 7) is -0.287. The van der Waals surface area contributed by atoms with Crippen LogP contribution in [0.5, 0.6) is 5.75 Å². The highest BCUT2D eigenvalue weighted by Gasteiger charge is 1.99. The highest BCUT2D eigenvalue weighted by Crippen LogP contribution is 2.10. The molecular formula is C8H9F2NO. The fourth-order valence-electron chi connectivity index (χ4n) is 0.876. The van der Waals surface area contributed by atoms with Gasteiger partial charge in [0.1, 0.15) is 5.75 Å². The molecule has 1 rings (SSSR count). The van der Waals surface area contributed by atoms with E-state index in [0.717, 1.165) is 5.56 Å². The number of aromatic hydroxyl groups is 1. The van der Waals surface area contributed by atoms with Gasteiger partial charge in [-0.15, -0.1) is 8.96 Å². The fourth-order valence-corrected chi connectivity index (χ4v) is 0.876. The molecule has 1 aromatic carbocycles. The van der Waals surface area contributed by atoms with Gasteiger partial charge < -0.3 is 5.11 Å². The molecular weight excluding hydrogens is 164 g/mol. The standard InChI is InChI=1S/C8H9F2NO/c9-11(10)6-5-7-1-3-8(12)4-2-7/h1-4,12H,5-6H2.